The van der Waals surface area contributed by atoms with Crippen molar-refractivity contribution in [3.63, 3.8) is 0 Å². The Kier molecular flexibility index (Phi) is 4.24. The molecule has 0 spiro atoms. The third-order valence-corrected chi connectivity index (χ3v) is 3.01. The van der Waals surface area contributed by atoms with Gasteiger partial charge in [-0.25, -0.2) is 0 Å². The van der Waals surface area contributed by atoms with Crippen LogP contribution in [-0.2, 0) is 6.54 Å². The van der Waals surface area contributed by atoms with Crippen LogP contribution >= 0.6 is 0 Å². The van der Waals surface area contributed by atoms with Crippen molar-refractivity contribution in [1.29, 1.82) is 0 Å². The fourth-order valence-electron chi connectivity index (χ4n) is 1.92. The lowest BCUT2D eigenvalue weighted by Crippen LogP contribution is -2.01. The maximum absolute atomic E-state index is 3.44. The van der Waals surface area contributed by atoms with E-state index < -0.39 is 0 Å². The third-order valence-electron chi connectivity index (χ3n) is 3.01. The van der Waals surface area contributed by atoms with E-state index in [9.17, 15) is 0 Å². The van der Waals surface area contributed by atoms with Crippen LogP contribution in [-0.4, -0.2) is 6.54 Å². The van der Waals surface area contributed by atoms with Crippen LogP contribution < -0.4 is 10.6 Å². The fourth-order valence-corrected chi connectivity index (χ4v) is 1.92. The summed E-state index contributed by atoms with van der Waals surface area (Å²) < 4.78 is 0. The Balaban J connectivity index is 1.96. The molecule has 2 rings (SSSR count). The van der Waals surface area contributed by atoms with E-state index in [0.29, 0.717) is 0 Å². The highest BCUT2D eigenvalue weighted by atomic mass is 14.9. The second-order valence-corrected chi connectivity index (χ2v) is 4.39. The molecular formula is C16H20N2. The molecule has 0 bridgehead atoms. The van der Waals surface area contributed by atoms with Gasteiger partial charge in [0.05, 0.1) is 0 Å². The van der Waals surface area contributed by atoms with Gasteiger partial charge in [-0.2, -0.15) is 0 Å². The molecule has 0 fully saturated rings. The van der Waals surface area contributed by atoms with E-state index in [1.54, 1.807) is 0 Å². The Morgan fingerprint density at radius 3 is 2.06 bits per heavy atom. The summed E-state index contributed by atoms with van der Waals surface area (Å²) in [6, 6.07) is 16.9. The van der Waals surface area contributed by atoms with Crippen LogP contribution in [0.25, 0.3) is 0 Å². The molecule has 2 N–H and O–H groups in total. The average Bonchev–Trinajstić information content (AvgIpc) is 2.40. The molecule has 0 aliphatic heterocycles. The summed E-state index contributed by atoms with van der Waals surface area (Å²) in [5.74, 6) is 0. The first kappa shape index (κ1) is 12.5. The Morgan fingerprint density at radius 2 is 1.44 bits per heavy atom. The molecule has 0 atom stereocenters. The molecular weight excluding hydrogens is 220 g/mol. The molecule has 0 aliphatic rings. The molecule has 0 aromatic heterocycles. The highest BCUT2D eigenvalue weighted by molar-refractivity contribution is 5.53. The molecule has 0 heterocycles. The Hall–Kier alpha value is -1.96. The van der Waals surface area contributed by atoms with Crippen molar-refractivity contribution in [2.45, 2.75) is 20.4 Å². The predicted octanol–water partition coefficient (Wildman–Crippen LogP) is 4.04. The van der Waals surface area contributed by atoms with Crippen molar-refractivity contribution in [3.8, 4) is 0 Å². The maximum atomic E-state index is 3.44. The summed E-state index contributed by atoms with van der Waals surface area (Å²) in [5, 5.41) is 6.73. The lowest BCUT2D eigenvalue weighted by Gasteiger charge is -2.10. The average molecular weight is 240 g/mol. The van der Waals surface area contributed by atoms with E-state index in [4.69, 9.17) is 0 Å². The molecule has 2 aromatic carbocycles. The highest BCUT2D eigenvalue weighted by Crippen LogP contribution is 2.15. The Morgan fingerprint density at radius 1 is 0.833 bits per heavy atom. The Labute approximate surface area is 109 Å². The number of anilines is 2. The normalized spacial score (nSPS) is 10.1. The first-order valence-electron chi connectivity index (χ1n) is 6.42. The van der Waals surface area contributed by atoms with Crippen LogP contribution in [0.5, 0.6) is 0 Å². The summed E-state index contributed by atoms with van der Waals surface area (Å²) >= 11 is 0. The molecule has 0 unspecified atom stereocenters. The number of benzene rings is 2. The quantitative estimate of drug-likeness (QED) is 0.824. The fraction of sp³-hybridized carbons (Fsp3) is 0.250. The molecule has 0 aliphatic carbocycles. The second kappa shape index (κ2) is 6.10. The molecule has 94 valence electrons. The van der Waals surface area contributed by atoms with E-state index >= 15 is 0 Å². The van der Waals surface area contributed by atoms with Crippen LogP contribution in [0.3, 0.4) is 0 Å². The zero-order chi connectivity index (χ0) is 12.8. The van der Waals surface area contributed by atoms with Gasteiger partial charge in [-0.1, -0.05) is 24.3 Å². The lowest BCUT2D eigenvalue weighted by atomic mass is 10.1. The van der Waals surface area contributed by atoms with E-state index in [1.807, 2.05) is 0 Å². The monoisotopic (exact) mass is 240 g/mol. The van der Waals surface area contributed by atoms with Gasteiger partial charge < -0.3 is 10.6 Å². The molecule has 2 nitrogen and oxygen atoms in total. The largest absolute Gasteiger partial charge is 0.385 e. The summed E-state index contributed by atoms with van der Waals surface area (Å²) in [7, 11) is 0. The number of nitrogens with one attached hydrogen (secondary N) is 2. The van der Waals surface area contributed by atoms with Crippen molar-refractivity contribution in [2.75, 3.05) is 17.2 Å². The molecule has 2 aromatic rings. The van der Waals surface area contributed by atoms with Gasteiger partial charge in [0.25, 0.3) is 0 Å². The molecule has 0 radical (unpaired) electrons. The Bertz CT molecular complexity index is 489. The first-order chi connectivity index (χ1) is 8.79. The highest BCUT2D eigenvalue weighted by Gasteiger charge is 1.97. The summed E-state index contributed by atoms with van der Waals surface area (Å²) in [6.45, 7) is 6.07. The number of aryl methyl sites for hydroxylation is 1. The van der Waals surface area contributed by atoms with Gasteiger partial charge in [0.15, 0.2) is 0 Å². The van der Waals surface area contributed by atoms with Gasteiger partial charge in [-0.3, -0.25) is 0 Å². The van der Waals surface area contributed by atoms with Crippen molar-refractivity contribution in [3.05, 3.63) is 59.7 Å². The molecule has 18 heavy (non-hydrogen) atoms. The number of hydrogen-bond acceptors (Lipinski definition) is 2. The van der Waals surface area contributed by atoms with Crippen LogP contribution in [0, 0.1) is 6.92 Å². The van der Waals surface area contributed by atoms with E-state index in [-0.39, 0.29) is 0 Å². The topological polar surface area (TPSA) is 24.1 Å². The number of hydrogen-bond donors (Lipinski definition) is 2. The third kappa shape index (κ3) is 3.27. The van der Waals surface area contributed by atoms with Gasteiger partial charge in [-0.05, 0) is 49.2 Å². The molecule has 2 heteroatoms. The van der Waals surface area contributed by atoms with Crippen LogP contribution in [0.4, 0.5) is 11.4 Å². The van der Waals surface area contributed by atoms with Gasteiger partial charge in [0.1, 0.15) is 0 Å². The van der Waals surface area contributed by atoms with Gasteiger partial charge in [0, 0.05) is 24.5 Å². The van der Waals surface area contributed by atoms with E-state index in [2.05, 4.69) is 73.0 Å². The van der Waals surface area contributed by atoms with Crippen molar-refractivity contribution in [1.82, 2.24) is 0 Å². The zero-order valence-corrected chi connectivity index (χ0v) is 11.0. The summed E-state index contributed by atoms with van der Waals surface area (Å²) in [6.07, 6.45) is 0. The SMILES string of the molecule is CCNc1ccc(NCc2ccccc2C)cc1. The van der Waals surface area contributed by atoms with Crippen LogP contribution in [0.15, 0.2) is 48.5 Å². The van der Waals surface area contributed by atoms with Gasteiger partial charge >= 0.3 is 0 Å². The second-order valence-electron chi connectivity index (χ2n) is 4.39. The minimum atomic E-state index is 0.868. The lowest BCUT2D eigenvalue weighted by molar-refractivity contribution is 1.12. The van der Waals surface area contributed by atoms with Crippen LogP contribution in [0.2, 0.25) is 0 Å². The molecule has 0 saturated carbocycles. The standard InChI is InChI=1S/C16H20N2/c1-3-17-15-8-10-16(11-9-15)18-12-14-7-5-4-6-13(14)2/h4-11,17-18H,3,12H2,1-2H3. The van der Waals surface area contributed by atoms with E-state index in [0.717, 1.165) is 18.8 Å². The van der Waals surface area contributed by atoms with Crippen LogP contribution in [0.1, 0.15) is 18.1 Å². The predicted molar refractivity (Wildman–Crippen MR) is 79.1 cm³/mol. The molecule has 0 amide bonds. The van der Waals surface area contributed by atoms with Crippen molar-refractivity contribution < 1.29 is 0 Å². The summed E-state index contributed by atoms with van der Waals surface area (Å²) in [4.78, 5) is 0. The minimum absolute atomic E-state index is 0.868. The molecule has 0 saturated heterocycles. The first-order valence-corrected chi connectivity index (χ1v) is 6.42. The minimum Gasteiger partial charge on any atom is -0.385 e. The summed E-state index contributed by atoms with van der Waals surface area (Å²) in [5.41, 5.74) is 4.99. The van der Waals surface area contributed by atoms with Gasteiger partial charge in [0.2, 0.25) is 0 Å². The van der Waals surface area contributed by atoms with Crippen molar-refractivity contribution >= 4 is 11.4 Å². The zero-order valence-electron chi connectivity index (χ0n) is 11.0. The van der Waals surface area contributed by atoms with Gasteiger partial charge in [-0.15, -0.1) is 0 Å². The van der Waals surface area contributed by atoms with E-state index in [1.165, 1.54) is 16.8 Å². The van der Waals surface area contributed by atoms with Crippen molar-refractivity contribution in [2.24, 2.45) is 0 Å². The number of rotatable bonds is 5. The maximum Gasteiger partial charge on any atom is 0.0403 e. The smallest absolute Gasteiger partial charge is 0.0403 e.